The van der Waals surface area contributed by atoms with Crippen LogP contribution in [0.2, 0.25) is 0 Å². The number of piperidine rings is 1. The summed E-state index contributed by atoms with van der Waals surface area (Å²) in [5.74, 6) is 1.11. The average molecular weight is 377 g/mol. The van der Waals surface area contributed by atoms with Crippen molar-refractivity contribution in [3.63, 3.8) is 0 Å². The van der Waals surface area contributed by atoms with Crippen molar-refractivity contribution in [1.29, 1.82) is 0 Å². The molecule has 1 saturated heterocycles. The van der Waals surface area contributed by atoms with Crippen molar-refractivity contribution in [3.05, 3.63) is 65.2 Å². The second-order valence-electron chi connectivity index (χ2n) is 8.52. The third-order valence-corrected chi connectivity index (χ3v) is 6.38. The second-order valence-corrected chi connectivity index (χ2v) is 8.52. The van der Waals surface area contributed by atoms with Gasteiger partial charge in [-0.15, -0.1) is 0 Å². The molecule has 0 aromatic heterocycles. The van der Waals surface area contributed by atoms with Gasteiger partial charge in [0.1, 0.15) is 0 Å². The molecule has 0 radical (unpaired) electrons. The summed E-state index contributed by atoms with van der Waals surface area (Å²) in [6.07, 6.45) is 6.48. The fourth-order valence-corrected chi connectivity index (χ4v) is 4.78. The highest BCUT2D eigenvalue weighted by Crippen LogP contribution is 2.29. The van der Waals surface area contributed by atoms with Gasteiger partial charge in [0.25, 0.3) is 0 Å². The van der Waals surface area contributed by atoms with E-state index in [-0.39, 0.29) is 0 Å². The quantitative estimate of drug-likeness (QED) is 0.711. The van der Waals surface area contributed by atoms with Gasteiger partial charge in [-0.2, -0.15) is 0 Å². The fourth-order valence-electron chi connectivity index (χ4n) is 4.78. The molecule has 2 heterocycles. The number of benzene rings is 2. The molecule has 2 aliphatic heterocycles. The number of rotatable bonds is 6. The first kappa shape index (κ1) is 19.2. The Morgan fingerprint density at radius 2 is 1.82 bits per heavy atom. The lowest BCUT2D eigenvalue weighted by Gasteiger charge is -2.33. The van der Waals surface area contributed by atoms with Crippen LogP contribution in [-0.4, -0.2) is 30.4 Å². The Kier molecular flexibility index (Phi) is 6.11. The van der Waals surface area contributed by atoms with Crippen molar-refractivity contribution in [2.24, 2.45) is 5.92 Å². The summed E-state index contributed by atoms with van der Waals surface area (Å²) in [7, 11) is 0. The number of likely N-dealkylation sites (tertiary alicyclic amines) is 1. The van der Waals surface area contributed by atoms with Crippen LogP contribution in [0.5, 0.6) is 0 Å². The standard InChI is InChI=1S/C25H32N2O/c1-20-6-4-7-22(18-20)19-26-16-13-21(14-17-26)8-5-15-27-24-10-3-2-9-23(24)11-12-25(27)28/h2-4,6-7,9-10,18,21H,5,8,11-17,19H2,1H3. The van der Waals surface area contributed by atoms with Gasteiger partial charge in [0.2, 0.25) is 5.91 Å². The summed E-state index contributed by atoms with van der Waals surface area (Å²) in [5.41, 5.74) is 5.25. The Morgan fingerprint density at radius 1 is 1.00 bits per heavy atom. The molecule has 0 N–H and O–H groups in total. The predicted molar refractivity (Wildman–Crippen MR) is 116 cm³/mol. The number of hydrogen-bond acceptors (Lipinski definition) is 2. The highest BCUT2D eigenvalue weighted by Gasteiger charge is 2.24. The molecule has 0 saturated carbocycles. The topological polar surface area (TPSA) is 23.6 Å². The van der Waals surface area contributed by atoms with E-state index in [9.17, 15) is 4.79 Å². The molecule has 3 heteroatoms. The van der Waals surface area contributed by atoms with Crippen LogP contribution in [0.1, 0.15) is 48.8 Å². The van der Waals surface area contributed by atoms with Crippen LogP contribution < -0.4 is 4.90 Å². The Labute approximate surface area is 169 Å². The molecule has 4 rings (SSSR count). The minimum atomic E-state index is 0.298. The van der Waals surface area contributed by atoms with E-state index >= 15 is 0 Å². The van der Waals surface area contributed by atoms with Gasteiger partial charge in [-0.1, -0.05) is 48.0 Å². The zero-order valence-corrected chi connectivity index (χ0v) is 17.1. The maximum Gasteiger partial charge on any atom is 0.227 e. The van der Waals surface area contributed by atoms with E-state index < -0.39 is 0 Å². The van der Waals surface area contributed by atoms with Crippen molar-refractivity contribution in [2.45, 2.75) is 52.0 Å². The lowest BCUT2D eigenvalue weighted by Crippen LogP contribution is -2.36. The smallest absolute Gasteiger partial charge is 0.227 e. The van der Waals surface area contributed by atoms with Crippen LogP contribution >= 0.6 is 0 Å². The third kappa shape index (κ3) is 4.64. The van der Waals surface area contributed by atoms with Crippen LogP contribution in [-0.2, 0) is 17.8 Å². The van der Waals surface area contributed by atoms with E-state index in [1.807, 2.05) is 11.0 Å². The monoisotopic (exact) mass is 376 g/mol. The first-order chi connectivity index (χ1) is 13.7. The lowest BCUT2D eigenvalue weighted by molar-refractivity contribution is -0.118. The van der Waals surface area contributed by atoms with Crippen molar-refractivity contribution < 1.29 is 4.79 Å². The summed E-state index contributed by atoms with van der Waals surface area (Å²) in [4.78, 5) is 17.0. The Bertz CT molecular complexity index is 808. The summed E-state index contributed by atoms with van der Waals surface area (Å²) >= 11 is 0. The summed E-state index contributed by atoms with van der Waals surface area (Å²) in [6.45, 7) is 6.52. The lowest BCUT2D eigenvalue weighted by atomic mass is 9.91. The SMILES string of the molecule is Cc1cccc(CN2CCC(CCCN3C(=O)CCc4ccccc43)CC2)c1. The maximum absolute atomic E-state index is 12.4. The minimum Gasteiger partial charge on any atom is -0.312 e. The molecule has 2 aliphatic rings. The molecule has 2 aromatic carbocycles. The third-order valence-electron chi connectivity index (χ3n) is 6.38. The zero-order chi connectivity index (χ0) is 19.3. The molecular weight excluding hydrogens is 344 g/mol. The van der Waals surface area contributed by atoms with Crippen LogP contribution in [0, 0.1) is 12.8 Å². The number of carbonyl (C=O) groups is 1. The van der Waals surface area contributed by atoms with Gasteiger partial charge in [0.15, 0.2) is 0 Å². The number of hydrogen-bond donors (Lipinski definition) is 0. The van der Waals surface area contributed by atoms with Gasteiger partial charge < -0.3 is 4.90 Å². The number of amides is 1. The molecule has 3 nitrogen and oxygen atoms in total. The minimum absolute atomic E-state index is 0.298. The van der Waals surface area contributed by atoms with Crippen LogP contribution in [0.15, 0.2) is 48.5 Å². The molecule has 0 atom stereocenters. The van der Waals surface area contributed by atoms with E-state index in [0.717, 1.165) is 37.5 Å². The molecule has 148 valence electrons. The zero-order valence-electron chi connectivity index (χ0n) is 17.1. The van der Waals surface area contributed by atoms with E-state index in [4.69, 9.17) is 0 Å². The van der Waals surface area contributed by atoms with Crippen LogP contribution in [0.3, 0.4) is 0 Å². The second kappa shape index (κ2) is 8.91. The molecular formula is C25H32N2O. The van der Waals surface area contributed by atoms with E-state index in [0.29, 0.717) is 12.3 Å². The molecule has 0 aliphatic carbocycles. The Hall–Kier alpha value is -2.13. The van der Waals surface area contributed by atoms with Gasteiger partial charge in [-0.3, -0.25) is 9.69 Å². The van der Waals surface area contributed by atoms with Gasteiger partial charge in [0.05, 0.1) is 0 Å². The summed E-state index contributed by atoms with van der Waals surface area (Å²) in [5, 5.41) is 0. The molecule has 0 spiro atoms. The number of fused-ring (bicyclic) bond motifs is 1. The number of para-hydroxylation sites is 1. The first-order valence-electron chi connectivity index (χ1n) is 10.9. The predicted octanol–water partition coefficient (Wildman–Crippen LogP) is 4.97. The van der Waals surface area contributed by atoms with Gasteiger partial charge in [0, 0.05) is 25.2 Å². The maximum atomic E-state index is 12.4. The largest absolute Gasteiger partial charge is 0.312 e. The number of carbonyl (C=O) groups excluding carboxylic acids is 1. The van der Waals surface area contributed by atoms with E-state index in [1.165, 1.54) is 49.0 Å². The first-order valence-corrected chi connectivity index (χ1v) is 10.9. The highest BCUT2D eigenvalue weighted by atomic mass is 16.2. The molecule has 28 heavy (non-hydrogen) atoms. The normalized spacial score (nSPS) is 18.3. The van der Waals surface area contributed by atoms with Crippen molar-refractivity contribution in [3.8, 4) is 0 Å². The van der Waals surface area contributed by atoms with Crippen molar-refractivity contribution >= 4 is 11.6 Å². The number of nitrogens with zero attached hydrogens (tertiary/aromatic N) is 2. The molecule has 0 unspecified atom stereocenters. The van der Waals surface area contributed by atoms with Crippen molar-refractivity contribution in [2.75, 3.05) is 24.5 Å². The van der Waals surface area contributed by atoms with Gasteiger partial charge in [-0.25, -0.2) is 0 Å². The van der Waals surface area contributed by atoms with Gasteiger partial charge >= 0.3 is 0 Å². The summed E-state index contributed by atoms with van der Waals surface area (Å²) < 4.78 is 0. The molecule has 1 amide bonds. The Balaban J connectivity index is 1.22. The van der Waals surface area contributed by atoms with Crippen molar-refractivity contribution in [1.82, 2.24) is 4.90 Å². The van der Waals surface area contributed by atoms with Crippen LogP contribution in [0.25, 0.3) is 0 Å². The molecule has 2 aromatic rings. The van der Waals surface area contributed by atoms with E-state index in [1.54, 1.807) is 0 Å². The number of aryl methyl sites for hydroxylation is 2. The Morgan fingerprint density at radius 3 is 2.64 bits per heavy atom. The highest BCUT2D eigenvalue weighted by molar-refractivity contribution is 5.96. The van der Waals surface area contributed by atoms with Gasteiger partial charge in [-0.05, 0) is 75.2 Å². The van der Waals surface area contributed by atoms with E-state index in [2.05, 4.69) is 54.3 Å². The summed E-state index contributed by atoms with van der Waals surface area (Å²) in [6, 6.07) is 17.3. The average Bonchev–Trinajstić information content (AvgIpc) is 2.71. The van der Waals surface area contributed by atoms with Crippen LogP contribution in [0.4, 0.5) is 5.69 Å². The number of anilines is 1. The fraction of sp³-hybridized carbons (Fsp3) is 0.480. The molecule has 0 bridgehead atoms. The molecule has 1 fully saturated rings.